The highest BCUT2D eigenvalue weighted by atomic mass is 35.5. The Morgan fingerprint density at radius 3 is 2.53 bits per heavy atom. The molecule has 19 heavy (non-hydrogen) atoms. The fourth-order valence-corrected chi connectivity index (χ4v) is 2.58. The maximum absolute atomic E-state index is 6.28. The Bertz CT molecular complexity index is 785. The average molecular weight is 294 g/mol. The van der Waals surface area contributed by atoms with Gasteiger partial charge in [-0.05, 0) is 30.7 Å². The van der Waals surface area contributed by atoms with Gasteiger partial charge in [-0.3, -0.25) is 0 Å². The van der Waals surface area contributed by atoms with E-state index in [0.29, 0.717) is 16.4 Å². The zero-order valence-corrected chi connectivity index (χ0v) is 11.8. The van der Waals surface area contributed by atoms with Crippen LogP contribution in [-0.4, -0.2) is 4.98 Å². The summed E-state index contributed by atoms with van der Waals surface area (Å²) in [7, 11) is 0. The second kappa shape index (κ2) is 4.76. The van der Waals surface area contributed by atoms with Crippen LogP contribution in [0.25, 0.3) is 21.8 Å². The number of aryl methyl sites for hydroxylation is 1. The number of fused-ring (bicyclic) bond motifs is 2. The summed E-state index contributed by atoms with van der Waals surface area (Å²) in [4.78, 5) is 4.57. The third kappa shape index (κ3) is 1.95. The molecule has 4 N–H and O–H groups in total. The monoisotopic (exact) mass is 293 g/mol. The van der Waals surface area contributed by atoms with E-state index in [0.717, 1.165) is 27.4 Å². The van der Waals surface area contributed by atoms with Crippen molar-refractivity contribution in [3.8, 4) is 0 Å². The summed E-state index contributed by atoms with van der Waals surface area (Å²) in [5.74, 6) is 0. The first-order valence-corrected chi connectivity index (χ1v) is 6.00. The maximum Gasteiger partial charge on any atom is 0.0941 e. The van der Waals surface area contributed by atoms with E-state index in [-0.39, 0.29) is 12.4 Å². The Balaban J connectivity index is 0.00000133. The molecule has 0 fully saturated rings. The molecule has 0 bridgehead atoms. The third-order valence-electron chi connectivity index (χ3n) is 3.23. The lowest BCUT2D eigenvalue weighted by Crippen LogP contribution is -1.95. The third-order valence-corrected chi connectivity index (χ3v) is 3.64. The van der Waals surface area contributed by atoms with Gasteiger partial charge in [0.2, 0.25) is 0 Å². The summed E-state index contributed by atoms with van der Waals surface area (Å²) in [6.45, 7) is 2.01. The van der Waals surface area contributed by atoms with Gasteiger partial charge in [0, 0.05) is 10.8 Å². The van der Waals surface area contributed by atoms with Gasteiger partial charge in [0.05, 0.1) is 27.4 Å². The van der Waals surface area contributed by atoms with Crippen molar-refractivity contribution in [3.63, 3.8) is 0 Å². The molecule has 1 aromatic heterocycles. The van der Waals surface area contributed by atoms with E-state index in [9.17, 15) is 0 Å². The second-order valence-corrected chi connectivity index (χ2v) is 4.72. The number of benzene rings is 2. The predicted octanol–water partition coefficient (Wildman–Crippen LogP) is 3.94. The molecular weight excluding hydrogens is 281 g/mol. The number of halogens is 2. The Hall–Kier alpha value is -1.71. The van der Waals surface area contributed by atoms with E-state index in [4.69, 9.17) is 23.1 Å². The number of nitrogens with zero attached hydrogens (tertiary/aromatic N) is 1. The number of nitrogen functional groups attached to an aromatic ring is 2. The van der Waals surface area contributed by atoms with Crippen molar-refractivity contribution in [2.45, 2.75) is 6.92 Å². The normalized spacial score (nSPS) is 10.6. The quantitative estimate of drug-likeness (QED) is 0.487. The van der Waals surface area contributed by atoms with Crippen molar-refractivity contribution in [1.29, 1.82) is 0 Å². The molecule has 0 spiro atoms. The van der Waals surface area contributed by atoms with Gasteiger partial charge in [-0.15, -0.1) is 12.4 Å². The van der Waals surface area contributed by atoms with E-state index in [2.05, 4.69) is 4.98 Å². The SMILES string of the molecule is Cc1c2cccc(N)c2nc2ccc(N)c(Cl)c12.Cl. The standard InChI is InChI=1S/C14H12ClN3.ClH/c1-7-8-3-2-4-10(17)14(8)18-11-6-5-9(16)13(15)12(7)11;/h2-6H,16-17H2,1H3;1H. The first-order valence-electron chi connectivity index (χ1n) is 5.62. The largest absolute Gasteiger partial charge is 0.398 e. The Morgan fingerprint density at radius 2 is 1.79 bits per heavy atom. The van der Waals surface area contributed by atoms with Gasteiger partial charge >= 0.3 is 0 Å². The van der Waals surface area contributed by atoms with Gasteiger partial charge in [0.15, 0.2) is 0 Å². The van der Waals surface area contributed by atoms with Crippen LogP contribution in [0.1, 0.15) is 5.56 Å². The van der Waals surface area contributed by atoms with Crippen LogP contribution in [0.5, 0.6) is 0 Å². The number of nitrogens with two attached hydrogens (primary N) is 2. The summed E-state index contributed by atoms with van der Waals surface area (Å²) in [5.41, 5.74) is 15.7. The number of rotatable bonds is 0. The zero-order valence-electron chi connectivity index (χ0n) is 10.3. The van der Waals surface area contributed by atoms with Gasteiger partial charge < -0.3 is 11.5 Å². The van der Waals surface area contributed by atoms with Crippen LogP contribution in [0.2, 0.25) is 5.02 Å². The van der Waals surface area contributed by atoms with Crippen molar-refractivity contribution >= 4 is 57.2 Å². The zero-order chi connectivity index (χ0) is 12.9. The number of anilines is 2. The van der Waals surface area contributed by atoms with Crippen LogP contribution in [-0.2, 0) is 0 Å². The number of hydrogen-bond donors (Lipinski definition) is 2. The van der Waals surface area contributed by atoms with Crippen LogP contribution < -0.4 is 11.5 Å². The number of hydrogen-bond acceptors (Lipinski definition) is 3. The van der Waals surface area contributed by atoms with Crippen molar-refractivity contribution in [2.75, 3.05) is 11.5 Å². The van der Waals surface area contributed by atoms with E-state index < -0.39 is 0 Å². The number of para-hydroxylation sites is 1. The molecule has 0 aliphatic rings. The molecular formula is C14H13Cl2N3. The molecule has 0 aliphatic heterocycles. The summed E-state index contributed by atoms with van der Waals surface area (Å²) in [6, 6.07) is 9.39. The van der Waals surface area contributed by atoms with Crippen LogP contribution in [0.15, 0.2) is 30.3 Å². The topological polar surface area (TPSA) is 64.9 Å². The molecule has 98 valence electrons. The molecule has 0 radical (unpaired) electrons. The fraction of sp³-hybridized carbons (Fsp3) is 0.0714. The minimum atomic E-state index is 0. The maximum atomic E-state index is 6.28. The van der Waals surface area contributed by atoms with Crippen LogP contribution in [0, 0.1) is 6.92 Å². The first kappa shape index (κ1) is 13.7. The van der Waals surface area contributed by atoms with Gasteiger partial charge in [-0.1, -0.05) is 23.7 Å². The number of aromatic nitrogens is 1. The Morgan fingerprint density at radius 1 is 1.05 bits per heavy atom. The molecule has 0 saturated heterocycles. The van der Waals surface area contributed by atoms with E-state index in [1.807, 2.05) is 31.2 Å². The molecule has 5 heteroatoms. The summed E-state index contributed by atoms with van der Waals surface area (Å²) in [6.07, 6.45) is 0. The van der Waals surface area contributed by atoms with Gasteiger partial charge in [0.1, 0.15) is 0 Å². The van der Waals surface area contributed by atoms with E-state index >= 15 is 0 Å². The van der Waals surface area contributed by atoms with E-state index in [1.54, 1.807) is 6.07 Å². The predicted molar refractivity (Wildman–Crippen MR) is 85.1 cm³/mol. The Labute approximate surface area is 122 Å². The highest BCUT2D eigenvalue weighted by Gasteiger charge is 2.11. The lowest BCUT2D eigenvalue weighted by Gasteiger charge is -2.11. The summed E-state index contributed by atoms with van der Waals surface area (Å²) < 4.78 is 0. The van der Waals surface area contributed by atoms with Gasteiger partial charge in [-0.2, -0.15) is 0 Å². The van der Waals surface area contributed by atoms with Gasteiger partial charge in [0.25, 0.3) is 0 Å². The lowest BCUT2D eigenvalue weighted by molar-refractivity contribution is 1.45. The molecule has 3 rings (SSSR count). The fourth-order valence-electron chi connectivity index (χ4n) is 2.28. The van der Waals surface area contributed by atoms with Crippen LogP contribution in [0.3, 0.4) is 0 Å². The second-order valence-electron chi connectivity index (χ2n) is 4.34. The number of pyridine rings is 1. The van der Waals surface area contributed by atoms with Crippen LogP contribution >= 0.6 is 24.0 Å². The average Bonchev–Trinajstić information content (AvgIpc) is 2.35. The molecule has 3 nitrogen and oxygen atoms in total. The molecule has 1 heterocycles. The molecule has 0 atom stereocenters. The molecule has 0 unspecified atom stereocenters. The molecule has 0 amide bonds. The molecule has 3 aromatic rings. The highest BCUT2D eigenvalue weighted by Crippen LogP contribution is 2.35. The highest BCUT2D eigenvalue weighted by molar-refractivity contribution is 6.38. The van der Waals surface area contributed by atoms with E-state index in [1.165, 1.54) is 0 Å². The van der Waals surface area contributed by atoms with Gasteiger partial charge in [-0.25, -0.2) is 4.98 Å². The molecule has 2 aromatic carbocycles. The smallest absolute Gasteiger partial charge is 0.0941 e. The van der Waals surface area contributed by atoms with Crippen molar-refractivity contribution in [1.82, 2.24) is 4.98 Å². The van der Waals surface area contributed by atoms with Crippen molar-refractivity contribution < 1.29 is 0 Å². The minimum absolute atomic E-state index is 0. The molecule has 0 aliphatic carbocycles. The summed E-state index contributed by atoms with van der Waals surface area (Å²) in [5, 5.41) is 2.46. The molecule has 0 saturated carbocycles. The van der Waals surface area contributed by atoms with Crippen molar-refractivity contribution in [2.24, 2.45) is 0 Å². The Kier molecular flexibility index (Phi) is 3.43. The summed E-state index contributed by atoms with van der Waals surface area (Å²) >= 11 is 6.28. The minimum Gasteiger partial charge on any atom is -0.398 e. The lowest BCUT2D eigenvalue weighted by atomic mass is 10.0. The first-order chi connectivity index (χ1) is 8.59. The van der Waals surface area contributed by atoms with Crippen LogP contribution in [0.4, 0.5) is 11.4 Å². The van der Waals surface area contributed by atoms with Crippen molar-refractivity contribution in [3.05, 3.63) is 40.9 Å².